The van der Waals surface area contributed by atoms with Crippen molar-refractivity contribution in [1.29, 1.82) is 0 Å². The van der Waals surface area contributed by atoms with E-state index in [9.17, 15) is 4.79 Å². The summed E-state index contributed by atoms with van der Waals surface area (Å²) in [5, 5.41) is 7.37. The number of amides is 1. The number of anilines is 1. The molecule has 0 atom stereocenters. The van der Waals surface area contributed by atoms with Gasteiger partial charge in [-0.15, -0.1) is 0 Å². The van der Waals surface area contributed by atoms with Gasteiger partial charge in [0.1, 0.15) is 11.5 Å². The fourth-order valence-corrected chi connectivity index (χ4v) is 2.28. The second kappa shape index (κ2) is 5.86. The molecule has 0 bridgehead atoms. The lowest BCUT2D eigenvalue weighted by Gasteiger charge is -2.08. The average molecular weight is 272 g/mol. The number of nitrogens with zero attached hydrogens (tertiary/aromatic N) is 3. The normalized spacial score (nSPS) is 10.6. The van der Waals surface area contributed by atoms with Gasteiger partial charge in [-0.3, -0.25) is 9.48 Å². The summed E-state index contributed by atoms with van der Waals surface area (Å²) in [5.74, 6) is 0.562. The van der Waals surface area contributed by atoms with Crippen LogP contribution in [0.2, 0.25) is 0 Å². The van der Waals surface area contributed by atoms with Crippen LogP contribution < -0.4 is 5.32 Å². The SMILES string of the molecule is CCc1nn(C)c(NC(=O)c2cccc(C)n2)c1CC. The molecule has 0 aliphatic heterocycles. The summed E-state index contributed by atoms with van der Waals surface area (Å²) < 4.78 is 1.73. The van der Waals surface area contributed by atoms with E-state index in [2.05, 4.69) is 29.2 Å². The van der Waals surface area contributed by atoms with Gasteiger partial charge < -0.3 is 5.32 Å². The molecule has 0 fully saturated rings. The molecule has 2 aromatic rings. The molecule has 0 unspecified atom stereocenters. The largest absolute Gasteiger partial charge is 0.305 e. The highest BCUT2D eigenvalue weighted by Gasteiger charge is 2.17. The van der Waals surface area contributed by atoms with E-state index < -0.39 is 0 Å². The number of hydrogen-bond acceptors (Lipinski definition) is 3. The summed E-state index contributed by atoms with van der Waals surface area (Å²) in [5.41, 5.74) is 3.37. The molecule has 0 radical (unpaired) electrons. The van der Waals surface area contributed by atoms with Crippen LogP contribution >= 0.6 is 0 Å². The highest BCUT2D eigenvalue weighted by Crippen LogP contribution is 2.21. The minimum absolute atomic E-state index is 0.200. The zero-order valence-corrected chi connectivity index (χ0v) is 12.4. The molecule has 1 amide bonds. The first kappa shape index (κ1) is 14.2. The highest BCUT2D eigenvalue weighted by atomic mass is 16.2. The predicted octanol–water partition coefficient (Wildman–Crippen LogP) is 2.50. The fraction of sp³-hybridized carbons (Fsp3) is 0.400. The number of aryl methyl sites for hydroxylation is 3. The molecule has 1 N–H and O–H groups in total. The molecule has 0 aliphatic carbocycles. The van der Waals surface area contributed by atoms with Crippen molar-refractivity contribution in [2.45, 2.75) is 33.6 Å². The molecule has 2 rings (SSSR count). The van der Waals surface area contributed by atoms with E-state index in [0.717, 1.165) is 35.6 Å². The second-order valence-corrected chi connectivity index (χ2v) is 4.72. The molecule has 5 nitrogen and oxygen atoms in total. The number of rotatable bonds is 4. The van der Waals surface area contributed by atoms with Crippen LogP contribution in [0.4, 0.5) is 5.82 Å². The zero-order chi connectivity index (χ0) is 14.7. The molecule has 2 heterocycles. The summed E-state index contributed by atoms with van der Waals surface area (Å²) in [6.45, 7) is 6.00. The van der Waals surface area contributed by atoms with Crippen LogP contribution in [-0.2, 0) is 19.9 Å². The lowest BCUT2D eigenvalue weighted by Crippen LogP contribution is -2.17. The van der Waals surface area contributed by atoms with Crippen molar-refractivity contribution in [2.75, 3.05) is 5.32 Å². The van der Waals surface area contributed by atoms with Crippen LogP contribution in [0.25, 0.3) is 0 Å². The van der Waals surface area contributed by atoms with E-state index in [1.807, 2.05) is 26.1 Å². The van der Waals surface area contributed by atoms with Gasteiger partial charge in [0, 0.05) is 18.3 Å². The van der Waals surface area contributed by atoms with Crippen LogP contribution in [0.1, 0.15) is 41.3 Å². The van der Waals surface area contributed by atoms with Crippen LogP contribution in [0, 0.1) is 6.92 Å². The Kier molecular flexibility index (Phi) is 4.17. The monoisotopic (exact) mass is 272 g/mol. The van der Waals surface area contributed by atoms with Crippen molar-refractivity contribution >= 4 is 11.7 Å². The summed E-state index contributed by atoms with van der Waals surface area (Å²) >= 11 is 0. The zero-order valence-electron chi connectivity index (χ0n) is 12.4. The molecule has 0 saturated carbocycles. The lowest BCUT2D eigenvalue weighted by molar-refractivity contribution is 0.102. The Morgan fingerprint density at radius 3 is 2.65 bits per heavy atom. The standard InChI is InChI=1S/C15H20N4O/c1-5-11-12(6-2)18-19(4)14(11)17-15(20)13-9-7-8-10(3)16-13/h7-9H,5-6H2,1-4H3,(H,17,20). The summed E-state index contributed by atoms with van der Waals surface area (Å²) in [4.78, 5) is 16.5. The van der Waals surface area contributed by atoms with E-state index in [4.69, 9.17) is 0 Å². The van der Waals surface area contributed by atoms with Gasteiger partial charge in [-0.05, 0) is 31.9 Å². The van der Waals surface area contributed by atoms with E-state index in [1.165, 1.54) is 0 Å². The summed E-state index contributed by atoms with van der Waals surface area (Å²) in [7, 11) is 1.84. The number of carbonyl (C=O) groups is 1. The molecule has 20 heavy (non-hydrogen) atoms. The fourth-order valence-electron chi connectivity index (χ4n) is 2.28. The van der Waals surface area contributed by atoms with E-state index >= 15 is 0 Å². The number of nitrogens with one attached hydrogen (secondary N) is 1. The minimum Gasteiger partial charge on any atom is -0.305 e. The molecule has 0 aromatic carbocycles. The third kappa shape index (κ3) is 2.71. The average Bonchev–Trinajstić information content (AvgIpc) is 2.74. The van der Waals surface area contributed by atoms with Gasteiger partial charge in [-0.1, -0.05) is 19.9 Å². The van der Waals surface area contributed by atoms with Crippen molar-refractivity contribution in [3.05, 3.63) is 40.8 Å². The van der Waals surface area contributed by atoms with E-state index in [-0.39, 0.29) is 5.91 Å². The highest BCUT2D eigenvalue weighted by molar-refractivity contribution is 6.02. The Labute approximate surface area is 119 Å². The van der Waals surface area contributed by atoms with E-state index in [0.29, 0.717) is 5.69 Å². The smallest absolute Gasteiger partial charge is 0.275 e. The number of aromatic nitrogens is 3. The predicted molar refractivity (Wildman–Crippen MR) is 78.9 cm³/mol. The van der Waals surface area contributed by atoms with Crippen molar-refractivity contribution < 1.29 is 4.79 Å². The number of hydrogen-bond donors (Lipinski definition) is 1. The van der Waals surface area contributed by atoms with Crippen molar-refractivity contribution in [3.8, 4) is 0 Å². The molecular weight excluding hydrogens is 252 g/mol. The molecule has 0 spiro atoms. The maximum atomic E-state index is 12.3. The Hall–Kier alpha value is -2.17. The van der Waals surface area contributed by atoms with Gasteiger partial charge in [0.25, 0.3) is 5.91 Å². The van der Waals surface area contributed by atoms with Crippen molar-refractivity contribution in [3.63, 3.8) is 0 Å². The Morgan fingerprint density at radius 1 is 1.30 bits per heavy atom. The van der Waals surface area contributed by atoms with Crippen LogP contribution in [0.15, 0.2) is 18.2 Å². The third-order valence-corrected chi connectivity index (χ3v) is 3.27. The number of pyridine rings is 1. The van der Waals surface area contributed by atoms with Crippen LogP contribution in [-0.4, -0.2) is 20.7 Å². The maximum Gasteiger partial charge on any atom is 0.275 e. The van der Waals surface area contributed by atoms with Crippen LogP contribution in [0.3, 0.4) is 0 Å². The Balaban J connectivity index is 2.30. The summed E-state index contributed by atoms with van der Waals surface area (Å²) in [6.07, 6.45) is 1.70. The lowest BCUT2D eigenvalue weighted by atomic mass is 10.1. The van der Waals surface area contributed by atoms with Crippen molar-refractivity contribution in [2.24, 2.45) is 7.05 Å². The van der Waals surface area contributed by atoms with Gasteiger partial charge >= 0.3 is 0 Å². The third-order valence-electron chi connectivity index (χ3n) is 3.27. The van der Waals surface area contributed by atoms with Crippen LogP contribution in [0.5, 0.6) is 0 Å². The van der Waals surface area contributed by atoms with Gasteiger partial charge in [0.15, 0.2) is 0 Å². The first-order valence-corrected chi connectivity index (χ1v) is 6.86. The van der Waals surface area contributed by atoms with Gasteiger partial charge in [-0.25, -0.2) is 4.98 Å². The quantitative estimate of drug-likeness (QED) is 0.930. The minimum atomic E-state index is -0.200. The Morgan fingerprint density at radius 2 is 2.05 bits per heavy atom. The molecule has 0 aliphatic rings. The first-order valence-electron chi connectivity index (χ1n) is 6.86. The van der Waals surface area contributed by atoms with Gasteiger partial charge in [0.2, 0.25) is 0 Å². The molecule has 5 heteroatoms. The summed E-state index contributed by atoms with van der Waals surface area (Å²) in [6, 6.07) is 5.41. The second-order valence-electron chi connectivity index (χ2n) is 4.72. The van der Waals surface area contributed by atoms with Gasteiger partial charge in [0.05, 0.1) is 5.69 Å². The Bertz CT molecular complexity index is 631. The molecule has 106 valence electrons. The molecule has 0 saturated heterocycles. The number of carbonyl (C=O) groups excluding carboxylic acids is 1. The van der Waals surface area contributed by atoms with Gasteiger partial charge in [-0.2, -0.15) is 5.10 Å². The van der Waals surface area contributed by atoms with E-state index in [1.54, 1.807) is 10.7 Å². The molecular formula is C15H20N4O. The van der Waals surface area contributed by atoms with Crippen molar-refractivity contribution in [1.82, 2.24) is 14.8 Å². The topological polar surface area (TPSA) is 59.8 Å². The molecule has 2 aromatic heterocycles. The maximum absolute atomic E-state index is 12.3. The first-order chi connectivity index (χ1) is 9.56.